The molecule has 2 aromatic carbocycles. The van der Waals surface area contributed by atoms with Crippen molar-refractivity contribution in [3.8, 4) is 29.0 Å². The van der Waals surface area contributed by atoms with Crippen molar-refractivity contribution in [3.05, 3.63) is 70.9 Å². The number of hydrogen-bond donors (Lipinski definition) is 2. The Morgan fingerprint density at radius 1 is 1.24 bits per heavy atom. The number of fused-ring (bicyclic) bond motifs is 2. The molecule has 3 atom stereocenters. The number of anilines is 3. The van der Waals surface area contributed by atoms with Gasteiger partial charge in [-0.1, -0.05) is 29.8 Å². The Morgan fingerprint density at radius 3 is 2.86 bits per heavy atom. The standard InChI is InChI=1S/C36H32ClF3N8O2S/c1-2-5-23(19-6-3-10-44-32(19)42)48-12-13-49-30-26-29(45-35(46-34(26)48)50-17-36-9-4-11-47(36)16-18(38)14-36)28(40)25(27(30)37)20-7-8-22(39)31-24(20)21(15-41)33(43)51-31/h2-3,6-8,10,18,23H,1,4-5,9,11-14,16-17,43H2,(H2,42,44)/t18-,23-,36+/m1/s1. The Morgan fingerprint density at radius 2 is 2.08 bits per heavy atom. The minimum atomic E-state index is -0.977. The summed E-state index contributed by atoms with van der Waals surface area (Å²) in [7, 11) is 0. The highest BCUT2D eigenvalue weighted by atomic mass is 35.5. The lowest BCUT2D eigenvalue weighted by Crippen LogP contribution is -2.43. The zero-order valence-electron chi connectivity index (χ0n) is 27.3. The van der Waals surface area contributed by atoms with Gasteiger partial charge in [-0.3, -0.25) is 4.90 Å². The maximum atomic E-state index is 17.4. The zero-order valence-corrected chi connectivity index (χ0v) is 28.8. The number of nitrogen functional groups attached to an aromatic ring is 2. The molecule has 2 saturated heterocycles. The van der Waals surface area contributed by atoms with Gasteiger partial charge in [-0.25, -0.2) is 18.2 Å². The first-order chi connectivity index (χ1) is 24.7. The summed E-state index contributed by atoms with van der Waals surface area (Å²) >= 11 is 7.97. The zero-order chi connectivity index (χ0) is 35.6. The minimum absolute atomic E-state index is 0.00912. The predicted molar refractivity (Wildman–Crippen MR) is 192 cm³/mol. The summed E-state index contributed by atoms with van der Waals surface area (Å²) in [6, 6.07) is 7.64. The van der Waals surface area contributed by atoms with Crippen LogP contribution in [0.25, 0.3) is 32.1 Å². The Bertz CT molecular complexity index is 2280. The lowest BCUT2D eigenvalue weighted by Gasteiger charge is -2.33. The summed E-state index contributed by atoms with van der Waals surface area (Å²) in [5.41, 5.74) is 12.5. The van der Waals surface area contributed by atoms with Crippen LogP contribution in [0.1, 0.15) is 42.9 Å². The highest BCUT2D eigenvalue weighted by Crippen LogP contribution is 2.52. The Kier molecular flexibility index (Phi) is 8.32. The average molecular weight is 733 g/mol. The first kappa shape index (κ1) is 33.3. The van der Waals surface area contributed by atoms with Crippen LogP contribution in [0.5, 0.6) is 11.8 Å². The second kappa shape index (κ2) is 12.7. The maximum Gasteiger partial charge on any atom is 0.319 e. The van der Waals surface area contributed by atoms with E-state index in [1.54, 1.807) is 18.3 Å². The molecule has 8 rings (SSSR count). The van der Waals surface area contributed by atoms with E-state index in [4.69, 9.17) is 37.5 Å². The van der Waals surface area contributed by atoms with E-state index in [2.05, 4.69) is 21.4 Å². The fourth-order valence-electron chi connectivity index (χ4n) is 7.98. The smallest absolute Gasteiger partial charge is 0.319 e. The van der Waals surface area contributed by atoms with Gasteiger partial charge in [0.15, 0.2) is 11.6 Å². The van der Waals surface area contributed by atoms with Gasteiger partial charge in [0.1, 0.15) is 53.4 Å². The lowest BCUT2D eigenvalue weighted by molar-refractivity contribution is 0.107. The third-order valence-electron chi connectivity index (χ3n) is 10.2. The Labute approximate surface area is 300 Å². The third kappa shape index (κ3) is 5.29. The van der Waals surface area contributed by atoms with Crippen LogP contribution < -0.4 is 25.8 Å². The molecule has 0 spiro atoms. The molecule has 51 heavy (non-hydrogen) atoms. The predicted octanol–water partition coefficient (Wildman–Crippen LogP) is 7.35. The van der Waals surface area contributed by atoms with Crippen molar-refractivity contribution < 1.29 is 22.6 Å². The number of nitrogens with zero attached hydrogens (tertiary/aromatic N) is 6. The van der Waals surface area contributed by atoms with Gasteiger partial charge in [0, 0.05) is 35.7 Å². The first-order valence-corrected chi connectivity index (χ1v) is 17.7. The van der Waals surface area contributed by atoms with E-state index >= 15 is 8.78 Å². The molecular formula is C36H32ClF3N8O2S. The Hall–Kier alpha value is -4.84. The van der Waals surface area contributed by atoms with Crippen LogP contribution in [-0.2, 0) is 0 Å². The number of thiophene rings is 1. The number of rotatable bonds is 8. The molecule has 3 aromatic heterocycles. The molecule has 0 saturated carbocycles. The van der Waals surface area contributed by atoms with Crippen molar-refractivity contribution in [2.75, 3.05) is 49.2 Å². The molecule has 262 valence electrons. The molecule has 0 bridgehead atoms. The number of nitriles is 1. The largest absolute Gasteiger partial charge is 0.489 e. The SMILES string of the molecule is C=CC[C@H](c1cccnc1N)N1CCOc2c(Cl)c(-c3ccc(F)c4sc(N)c(C#N)c34)c(F)c3nc(OC[C@@]45CCCN4C[C@H](F)C5)nc1c23. The maximum absolute atomic E-state index is 17.4. The van der Waals surface area contributed by atoms with Crippen molar-refractivity contribution in [1.29, 1.82) is 5.26 Å². The van der Waals surface area contributed by atoms with Gasteiger partial charge in [-0.05, 0) is 43.5 Å². The monoisotopic (exact) mass is 732 g/mol. The lowest BCUT2D eigenvalue weighted by atomic mass is 9.95. The van der Waals surface area contributed by atoms with Gasteiger partial charge in [0.05, 0.1) is 38.8 Å². The van der Waals surface area contributed by atoms with Gasteiger partial charge < -0.3 is 25.8 Å². The quantitative estimate of drug-likeness (QED) is 0.156. The van der Waals surface area contributed by atoms with E-state index < -0.39 is 29.4 Å². The molecule has 5 aromatic rings. The molecule has 0 unspecified atom stereocenters. The summed E-state index contributed by atoms with van der Waals surface area (Å²) in [5, 5.41) is 10.3. The number of benzene rings is 2. The highest BCUT2D eigenvalue weighted by molar-refractivity contribution is 7.23. The summed E-state index contributed by atoms with van der Waals surface area (Å²) in [6.07, 6.45) is 4.76. The van der Waals surface area contributed by atoms with Crippen LogP contribution in [0.3, 0.4) is 0 Å². The molecule has 3 aliphatic rings. The molecule has 15 heteroatoms. The van der Waals surface area contributed by atoms with E-state index in [1.807, 2.05) is 17.0 Å². The fraction of sp³-hybridized carbons (Fsp3) is 0.333. The van der Waals surface area contributed by atoms with E-state index in [1.165, 1.54) is 12.1 Å². The number of ether oxygens (including phenoxy) is 2. The first-order valence-electron chi connectivity index (χ1n) is 16.5. The topological polar surface area (TPSA) is 139 Å². The number of pyridine rings is 1. The second-order valence-corrected chi connectivity index (χ2v) is 14.5. The summed E-state index contributed by atoms with van der Waals surface area (Å²) in [4.78, 5) is 17.8. The van der Waals surface area contributed by atoms with E-state index in [-0.39, 0.29) is 85.0 Å². The van der Waals surface area contributed by atoms with Gasteiger partial charge >= 0.3 is 6.01 Å². The molecule has 0 aliphatic carbocycles. The fourth-order valence-corrected chi connectivity index (χ4v) is 9.27. The summed E-state index contributed by atoms with van der Waals surface area (Å²) < 4.78 is 59.8. The number of alkyl halides is 1. The molecule has 10 nitrogen and oxygen atoms in total. The normalized spacial score (nSPS) is 20.6. The molecule has 0 amide bonds. The average Bonchev–Trinajstić information content (AvgIpc) is 3.71. The van der Waals surface area contributed by atoms with E-state index in [0.29, 0.717) is 30.8 Å². The van der Waals surface area contributed by atoms with Gasteiger partial charge in [0.25, 0.3) is 0 Å². The van der Waals surface area contributed by atoms with Gasteiger partial charge in [-0.15, -0.1) is 17.9 Å². The van der Waals surface area contributed by atoms with Crippen LogP contribution in [-0.4, -0.2) is 64.4 Å². The van der Waals surface area contributed by atoms with Crippen molar-refractivity contribution >= 4 is 60.6 Å². The number of hydrogen-bond acceptors (Lipinski definition) is 11. The Balaban J connectivity index is 1.37. The van der Waals surface area contributed by atoms with Crippen LogP contribution in [0.15, 0.2) is 43.1 Å². The number of halogens is 4. The third-order valence-corrected chi connectivity index (χ3v) is 11.6. The van der Waals surface area contributed by atoms with E-state index in [0.717, 1.165) is 30.7 Å². The number of aromatic nitrogens is 3. The van der Waals surface area contributed by atoms with Crippen LogP contribution in [0.4, 0.5) is 29.8 Å². The summed E-state index contributed by atoms with van der Waals surface area (Å²) in [5.74, 6) is -0.769. The molecular weight excluding hydrogens is 701 g/mol. The van der Waals surface area contributed by atoms with Crippen molar-refractivity contribution in [2.45, 2.75) is 43.4 Å². The van der Waals surface area contributed by atoms with Crippen molar-refractivity contribution in [1.82, 2.24) is 19.9 Å². The molecule has 2 fully saturated rings. The molecule has 6 heterocycles. The molecule has 4 N–H and O–H groups in total. The van der Waals surface area contributed by atoms with Crippen LogP contribution >= 0.6 is 22.9 Å². The van der Waals surface area contributed by atoms with Gasteiger partial charge in [0.2, 0.25) is 0 Å². The van der Waals surface area contributed by atoms with Crippen LogP contribution in [0.2, 0.25) is 5.02 Å². The van der Waals surface area contributed by atoms with E-state index in [9.17, 15) is 9.65 Å². The van der Waals surface area contributed by atoms with Crippen LogP contribution in [0, 0.1) is 23.0 Å². The minimum Gasteiger partial charge on any atom is -0.489 e. The second-order valence-electron chi connectivity index (χ2n) is 13.1. The van der Waals surface area contributed by atoms with Gasteiger partial charge in [-0.2, -0.15) is 15.2 Å². The van der Waals surface area contributed by atoms with Crippen molar-refractivity contribution in [3.63, 3.8) is 0 Å². The molecule has 3 aliphatic heterocycles. The number of nitrogens with two attached hydrogens (primary N) is 2. The highest BCUT2D eigenvalue weighted by Gasteiger charge is 2.49. The summed E-state index contributed by atoms with van der Waals surface area (Å²) in [6.45, 7) is 5.53. The molecule has 0 radical (unpaired) electrons. The van der Waals surface area contributed by atoms with Crippen molar-refractivity contribution in [2.24, 2.45) is 0 Å².